The predicted octanol–water partition coefficient (Wildman–Crippen LogP) is -6.12. The average molecular weight is 1060 g/mol. The fourth-order valence-electron chi connectivity index (χ4n) is 2.32. The minimum Gasteiger partial charge on any atom is -0.481 e. The second-order valence-corrected chi connectivity index (χ2v) is 12.2. The smallest absolute Gasteiger partial charge is 0.481 e. The molecule has 0 bridgehead atoms. The highest BCUT2D eigenvalue weighted by atomic mass is 32.3. The molecule has 1 rings (SSSR count). The van der Waals surface area contributed by atoms with E-state index in [-0.39, 0.29) is 38.6 Å². The van der Waals surface area contributed by atoms with Crippen LogP contribution in [-0.4, -0.2) is 229 Å². The highest BCUT2D eigenvalue weighted by Crippen LogP contribution is 2.15. The molecule has 0 amide bonds. The van der Waals surface area contributed by atoms with Gasteiger partial charge in [0.1, 0.15) is 12.1 Å². The van der Waals surface area contributed by atoms with Crippen molar-refractivity contribution < 1.29 is 167 Å². The number of rotatable bonds is 19. The lowest BCUT2D eigenvalue weighted by Crippen LogP contribution is -2.42. The Kier molecular flexibility index (Phi) is 50.2. The minimum atomic E-state index is -4.67. The van der Waals surface area contributed by atoms with Crippen LogP contribution in [-0.2, 0) is 74.4 Å². The summed E-state index contributed by atoms with van der Waals surface area (Å²) in [6.07, 6.45) is -6.09. The third-order valence-corrected chi connectivity index (χ3v) is 5.11. The average Bonchev–Trinajstić information content (AvgIpc) is 3.68. The minimum absolute atomic E-state index is 0.0231. The maximum absolute atomic E-state index is 10.3. The zero-order chi connectivity index (χ0) is 57.9. The number of carboxylic acid groups (broad SMARTS) is 14. The first-order valence-electron chi connectivity index (χ1n) is 16.9. The van der Waals surface area contributed by atoms with Crippen molar-refractivity contribution in [1.29, 1.82) is 0 Å². The van der Waals surface area contributed by atoms with E-state index >= 15 is 0 Å². The number of nitrogens with one attached hydrogen (secondary N) is 1. The fraction of sp³-hybridized carbons (Fsp3) is 0.467. The highest BCUT2D eigenvalue weighted by Gasteiger charge is 2.40. The summed E-state index contributed by atoms with van der Waals surface area (Å²) in [5.74, 6) is -15.7. The Morgan fingerprint density at radius 3 is 1.04 bits per heavy atom. The number of aliphatic hydroxyl groups excluding tert-OH is 2. The van der Waals surface area contributed by atoms with E-state index in [2.05, 4.69) is 15.7 Å². The van der Waals surface area contributed by atoms with Crippen molar-refractivity contribution in [2.24, 2.45) is 17.2 Å². The maximum Gasteiger partial charge on any atom is 0.503 e. The van der Waals surface area contributed by atoms with Crippen molar-refractivity contribution in [2.45, 2.75) is 81.8 Å². The second-order valence-electron chi connectivity index (χ2n) is 11.3. The van der Waals surface area contributed by atoms with Crippen molar-refractivity contribution in [3.05, 3.63) is 18.2 Å². The number of aromatic amines is 1. The molecule has 406 valence electrons. The van der Waals surface area contributed by atoms with Gasteiger partial charge in [-0.2, -0.15) is 8.42 Å². The largest absolute Gasteiger partial charge is 0.503 e. The van der Waals surface area contributed by atoms with E-state index in [0.29, 0.717) is 5.69 Å². The standard InChI is InChI=1S/C6H9N3O2.C6H8O7.C5H9NO4.C4H6O6.C4H6O4.C2H5NO2.C2H4O2.CH2O3.H2O4S/c7-5(6(10)11)1-4-2-8-3-9-4;7-3(8)1-6(13,5(11)12)2-4(9)10;6-3(5(9)10)1-2-4(7)8;5-1(3(7)8)2(6)4(9)10;5-3(6)1-2-4(7)8;3-1-2(4)5;1-2(3)4;2-1(3)4;1-5(2,3)4/h2-3,5H,1,7H2,(H,8,9)(H,10,11);13H,1-2H2,(H,7,8)(H,9,10)(H,11,12);3H,1-2,6H2,(H,7,8)(H,9,10);1-2,5-6H,(H,7,8)(H,9,10);1-2H2,(H,5,6)(H,7,8);1,3H2,(H,4,5);1H3,(H,3,4);(H2,2,3,4);(H2,1,2,3,4). The van der Waals surface area contributed by atoms with Gasteiger partial charge in [-0.15, -0.1) is 0 Å². The summed E-state index contributed by atoms with van der Waals surface area (Å²) in [5.41, 5.74) is 12.8. The number of aromatic nitrogens is 2. The summed E-state index contributed by atoms with van der Waals surface area (Å²) in [6, 6.07) is -1.92. The summed E-state index contributed by atoms with van der Waals surface area (Å²) in [7, 11) is -4.67. The lowest BCUT2D eigenvalue weighted by Gasteiger charge is -2.18. The van der Waals surface area contributed by atoms with Crippen LogP contribution in [0.3, 0.4) is 0 Å². The Labute approximate surface area is 388 Å². The lowest BCUT2D eigenvalue weighted by atomic mass is 9.96. The van der Waals surface area contributed by atoms with Gasteiger partial charge in [-0.05, 0) is 6.42 Å². The van der Waals surface area contributed by atoms with Crippen LogP contribution in [0.25, 0.3) is 0 Å². The van der Waals surface area contributed by atoms with E-state index in [4.69, 9.17) is 125 Å². The number of nitrogens with two attached hydrogens (primary N) is 3. The molecule has 0 fully saturated rings. The molecule has 1 aromatic heterocycles. The van der Waals surface area contributed by atoms with Gasteiger partial charge in [0, 0.05) is 26.0 Å². The molecule has 4 atom stereocenters. The van der Waals surface area contributed by atoms with Crippen LogP contribution in [0.1, 0.15) is 51.1 Å². The number of carboxylic acids is 12. The van der Waals surface area contributed by atoms with Crippen molar-refractivity contribution in [2.75, 3.05) is 6.54 Å². The SMILES string of the molecule is CC(=O)O.NC(CCC(=O)O)C(=O)O.NC(Cc1c[nH]cn1)C(=O)O.NCC(=O)O.O=C(O)C(O)C(O)C(=O)O.O=C(O)CC(O)(CC(=O)O)C(=O)O.O=C(O)CCC(=O)O.O=C(O)O.O=S(=O)(O)O. The zero-order valence-electron chi connectivity index (χ0n) is 35.3. The first kappa shape index (κ1) is 78.9. The van der Waals surface area contributed by atoms with Gasteiger partial charge in [-0.1, -0.05) is 0 Å². The van der Waals surface area contributed by atoms with Gasteiger partial charge >= 0.3 is 82.2 Å². The first-order chi connectivity index (χ1) is 31.3. The molecule has 26 N–H and O–H groups in total. The van der Waals surface area contributed by atoms with Gasteiger partial charge in [0.2, 0.25) is 0 Å². The van der Waals surface area contributed by atoms with Crippen molar-refractivity contribution >= 4 is 88.2 Å². The number of hydrogen-bond acceptors (Lipinski definition) is 22. The van der Waals surface area contributed by atoms with Gasteiger partial charge in [0.15, 0.2) is 17.8 Å². The Bertz CT molecular complexity index is 1830. The molecule has 0 saturated heterocycles. The Balaban J connectivity index is -0.000000106. The van der Waals surface area contributed by atoms with Crippen LogP contribution < -0.4 is 17.2 Å². The molecule has 0 saturated carbocycles. The third kappa shape index (κ3) is 80.1. The number of aliphatic carboxylic acids is 12. The van der Waals surface area contributed by atoms with Gasteiger partial charge in [-0.3, -0.25) is 52.3 Å². The van der Waals surface area contributed by atoms with Gasteiger partial charge in [0.05, 0.1) is 44.2 Å². The molecule has 0 aliphatic heterocycles. The van der Waals surface area contributed by atoms with Crippen LogP contribution in [0.2, 0.25) is 0 Å². The summed E-state index contributed by atoms with van der Waals surface area (Å²) in [4.78, 5) is 133. The molecule has 0 aliphatic carbocycles. The number of hydrogen-bond donors (Lipinski definition) is 23. The van der Waals surface area contributed by atoms with Crippen LogP contribution in [0.5, 0.6) is 0 Å². The molecule has 70 heavy (non-hydrogen) atoms. The number of imidazole rings is 1. The Hall–Kier alpha value is -8.25. The van der Waals surface area contributed by atoms with Gasteiger partial charge in [-0.25, -0.2) is 24.2 Å². The second kappa shape index (κ2) is 44.6. The van der Waals surface area contributed by atoms with Crippen molar-refractivity contribution in [1.82, 2.24) is 9.97 Å². The van der Waals surface area contributed by atoms with Crippen LogP contribution in [0.4, 0.5) is 4.79 Å². The van der Waals surface area contributed by atoms with E-state index in [9.17, 15) is 52.7 Å². The molecule has 0 spiro atoms. The lowest BCUT2D eigenvalue weighted by molar-refractivity contribution is -0.170. The topological polar surface area (TPSA) is 747 Å². The van der Waals surface area contributed by atoms with E-state index in [1.165, 1.54) is 6.33 Å². The quantitative estimate of drug-likeness (QED) is 0.0573. The Morgan fingerprint density at radius 1 is 0.586 bits per heavy atom. The molecule has 40 heteroatoms. The maximum atomic E-state index is 10.3. The van der Waals surface area contributed by atoms with Crippen LogP contribution >= 0.6 is 0 Å². The molecule has 1 aromatic rings. The fourth-order valence-corrected chi connectivity index (χ4v) is 2.32. The number of H-pyrrole nitrogens is 1. The van der Waals surface area contributed by atoms with Gasteiger partial charge in [0.25, 0.3) is 5.97 Å². The molecule has 4 unspecified atom stereocenters. The van der Waals surface area contributed by atoms with E-state index in [1.807, 2.05) is 0 Å². The first-order valence-corrected chi connectivity index (χ1v) is 18.3. The molecule has 1 heterocycles. The Morgan fingerprint density at radius 2 is 0.871 bits per heavy atom. The number of nitrogens with zero attached hydrogens (tertiary/aromatic N) is 1. The number of carbonyl (C=O) groups is 13. The monoisotopic (exact) mass is 1060 g/mol. The van der Waals surface area contributed by atoms with E-state index in [1.54, 1.807) is 6.20 Å². The summed E-state index contributed by atoms with van der Waals surface area (Å²) in [5, 5.41) is 136. The van der Waals surface area contributed by atoms with E-state index in [0.717, 1.165) is 6.92 Å². The van der Waals surface area contributed by atoms with Crippen molar-refractivity contribution in [3.63, 3.8) is 0 Å². The summed E-state index contributed by atoms with van der Waals surface area (Å²) >= 11 is 0. The van der Waals surface area contributed by atoms with Crippen molar-refractivity contribution in [3.8, 4) is 0 Å². The van der Waals surface area contributed by atoms with Crippen LogP contribution in [0.15, 0.2) is 12.5 Å². The summed E-state index contributed by atoms with van der Waals surface area (Å²) < 4.78 is 31.6. The highest BCUT2D eigenvalue weighted by molar-refractivity contribution is 7.79. The third-order valence-electron chi connectivity index (χ3n) is 5.11. The molecule has 0 aromatic carbocycles. The molecule has 39 nitrogen and oxygen atoms in total. The predicted molar refractivity (Wildman–Crippen MR) is 214 cm³/mol. The zero-order valence-corrected chi connectivity index (χ0v) is 36.1. The molecule has 0 aliphatic rings. The van der Waals surface area contributed by atoms with Crippen LogP contribution in [0, 0.1) is 0 Å². The van der Waals surface area contributed by atoms with Gasteiger partial charge < -0.3 is 109 Å². The van der Waals surface area contributed by atoms with E-state index < -0.39 is 131 Å². The molecular formula is C30H51N5O34S. The summed E-state index contributed by atoms with van der Waals surface area (Å²) in [6.45, 7) is 0.806. The number of aliphatic hydroxyl groups is 3. The molecular weight excluding hydrogens is 1010 g/mol. The normalized spacial score (nSPS) is 11.1. The molecule has 0 radical (unpaired) electrons.